The predicted molar refractivity (Wildman–Crippen MR) is 114 cm³/mol. The van der Waals surface area contributed by atoms with E-state index in [1.165, 1.54) is 15.9 Å². The second-order valence-corrected chi connectivity index (χ2v) is 8.55. The first-order valence-corrected chi connectivity index (χ1v) is 10.4. The van der Waals surface area contributed by atoms with Crippen LogP contribution in [0.1, 0.15) is 22.8 Å². The van der Waals surface area contributed by atoms with E-state index in [1.807, 2.05) is 0 Å². The summed E-state index contributed by atoms with van der Waals surface area (Å²) in [7, 11) is 0. The number of amides is 3. The Morgan fingerprint density at radius 3 is 2.38 bits per heavy atom. The number of carbonyl (C=O) groups excluding carboxylic acids is 3. The van der Waals surface area contributed by atoms with Crippen molar-refractivity contribution in [3.8, 4) is 0 Å². The van der Waals surface area contributed by atoms with Gasteiger partial charge in [0.2, 0.25) is 11.8 Å². The van der Waals surface area contributed by atoms with E-state index >= 15 is 0 Å². The summed E-state index contributed by atoms with van der Waals surface area (Å²) in [5.74, 6) is -1.64. The quantitative estimate of drug-likeness (QED) is 0.687. The Balaban J connectivity index is 1.84. The van der Waals surface area contributed by atoms with Gasteiger partial charge in [-0.05, 0) is 49.4 Å². The monoisotopic (exact) mass is 510 g/mol. The largest absolute Gasteiger partial charge is 0.416 e. The second-order valence-electron chi connectivity index (χ2n) is 7.63. The van der Waals surface area contributed by atoms with E-state index < -0.39 is 41.7 Å². The van der Waals surface area contributed by atoms with Crippen LogP contribution in [0.15, 0.2) is 46.9 Å². The SMILES string of the molecule is C[C@H]1C(=O)N(CC(N)=O)C[C@@H]2N(C(=O)c3ccc(Br)cc3)c3cc(C(F)(F)F)ccc3N21. The molecular weight excluding hydrogens is 493 g/mol. The van der Waals surface area contributed by atoms with E-state index in [-0.39, 0.29) is 24.3 Å². The Kier molecular flexibility index (Phi) is 5.40. The zero-order chi connectivity index (χ0) is 23.4. The average molecular weight is 511 g/mol. The predicted octanol–water partition coefficient (Wildman–Crippen LogP) is 2.98. The highest BCUT2D eigenvalue weighted by molar-refractivity contribution is 9.10. The van der Waals surface area contributed by atoms with Crippen molar-refractivity contribution in [1.82, 2.24) is 4.90 Å². The highest BCUT2D eigenvalue weighted by atomic mass is 79.9. The standard InChI is InChI=1S/C21H18BrF3N4O3/c1-11-19(31)27(9-17(26)30)10-18-28(11)15-7-4-13(21(23,24)25)8-16(15)29(18)20(32)12-2-5-14(22)6-3-12/h2-8,11,18H,9-10H2,1H3,(H2,26,30)/t11-,18-/m0/s1. The Morgan fingerprint density at radius 1 is 1.12 bits per heavy atom. The fourth-order valence-corrected chi connectivity index (χ4v) is 4.43. The third-order valence-corrected chi connectivity index (χ3v) is 6.11. The molecule has 2 aromatic rings. The van der Waals surface area contributed by atoms with Gasteiger partial charge in [-0.2, -0.15) is 13.2 Å². The van der Waals surface area contributed by atoms with Crippen molar-refractivity contribution in [1.29, 1.82) is 0 Å². The number of rotatable bonds is 3. The average Bonchev–Trinajstić information content (AvgIpc) is 3.04. The Bertz CT molecular complexity index is 1110. The molecule has 7 nitrogen and oxygen atoms in total. The van der Waals surface area contributed by atoms with Gasteiger partial charge in [0.25, 0.3) is 5.91 Å². The highest BCUT2D eigenvalue weighted by Gasteiger charge is 2.49. The van der Waals surface area contributed by atoms with E-state index in [9.17, 15) is 27.6 Å². The van der Waals surface area contributed by atoms with E-state index in [0.29, 0.717) is 5.69 Å². The molecule has 2 heterocycles. The molecular formula is C21H18BrF3N4O3. The van der Waals surface area contributed by atoms with Crippen LogP contribution in [-0.2, 0) is 15.8 Å². The molecule has 168 valence electrons. The van der Waals surface area contributed by atoms with Gasteiger partial charge >= 0.3 is 6.18 Å². The Hall–Kier alpha value is -3.08. The maximum atomic E-state index is 13.5. The van der Waals surface area contributed by atoms with Crippen LogP contribution in [0.5, 0.6) is 0 Å². The topological polar surface area (TPSA) is 87.0 Å². The molecule has 32 heavy (non-hydrogen) atoms. The van der Waals surface area contributed by atoms with Crippen LogP contribution in [0.4, 0.5) is 24.5 Å². The van der Waals surface area contributed by atoms with Crippen molar-refractivity contribution >= 4 is 45.0 Å². The fraction of sp³-hybridized carbons (Fsp3) is 0.286. The molecule has 1 saturated heterocycles. The maximum Gasteiger partial charge on any atom is 0.416 e. The molecule has 1 fully saturated rings. The number of halogens is 4. The van der Waals surface area contributed by atoms with Gasteiger partial charge in [0.15, 0.2) is 0 Å². The summed E-state index contributed by atoms with van der Waals surface area (Å²) in [5, 5.41) is 0. The molecule has 4 rings (SSSR count). The lowest BCUT2D eigenvalue weighted by Crippen LogP contribution is -2.65. The van der Waals surface area contributed by atoms with Gasteiger partial charge in [0.05, 0.1) is 30.0 Å². The first-order valence-electron chi connectivity index (χ1n) is 9.65. The van der Waals surface area contributed by atoms with Crippen LogP contribution in [0.3, 0.4) is 0 Å². The number of benzene rings is 2. The van der Waals surface area contributed by atoms with Crippen molar-refractivity contribution in [2.45, 2.75) is 25.3 Å². The number of nitrogens with zero attached hydrogens (tertiary/aromatic N) is 3. The number of hydrogen-bond acceptors (Lipinski definition) is 4. The molecule has 2 N–H and O–H groups in total. The summed E-state index contributed by atoms with van der Waals surface area (Å²) >= 11 is 3.29. The highest BCUT2D eigenvalue weighted by Crippen LogP contribution is 2.46. The van der Waals surface area contributed by atoms with Crippen molar-refractivity contribution in [2.24, 2.45) is 5.73 Å². The molecule has 0 saturated carbocycles. The number of primary amides is 1. The minimum Gasteiger partial charge on any atom is -0.368 e. The molecule has 2 atom stereocenters. The van der Waals surface area contributed by atoms with E-state index in [1.54, 1.807) is 36.1 Å². The summed E-state index contributed by atoms with van der Waals surface area (Å²) in [6.07, 6.45) is -5.40. The summed E-state index contributed by atoms with van der Waals surface area (Å²) < 4.78 is 41.0. The number of alkyl halides is 3. The Labute approximate surface area is 189 Å². The van der Waals surface area contributed by atoms with Crippen LogP contribution in [0, 0.1) is 0 Å². The summed E-state index contributed by atoms with van der Waals surface area (Å²) in [6.45, 7) is 1.15. The number of piperazine rings is 1. The zero-order valence-electron chi connectivity index (χ0n) is 16.8. The maximum absolute atomic E-state index is 13.5. The zero-order valence-corrected chi connectivity index (χ0v) is 18.4. The van der Waals surface area contributed by atoms with Gasteiger partial charge in [-0.15, -0.1) is 0 Å². The van der Waals surface area contributed by atoms with E-state index in [0.717, 1.165) is 16.6 Å². The van der Waals surface area contributed by atoms with Crippen molar-refractivity contribution in [3.63, 3.8) is 0 Å². The first-order chi connectivity index (χ1) is 15.0. The first kappa shape index (κ1) is 22.1. The second kappa shape index (κ2) is 7.80. The lowest BCUT2D eigenvalue weighted by molar-refractivity contribution is -0.138. The Morgan fingerprint density at radius 2 is 1.78 bits per heavy atom. The number of fused-ring (bicyclic) bond motifs is 3. The van der Waals surface area contributed by atoms with Gasteiger partial charge in [-0.25, -0.2) is 0 Å². The smallest absolute Gasteiger partial charge is 0.368 e. The number of hydrogen-bond donors (Lipinski definition) is 1. The molecule has 3 amide bonds. The molecule has 2 aliphatic heterocycles. The molecule has 0 aliphatic carbocycles. The number of carbonyl (C=O) groups is 3. The molecule has 11 heteroatoms. The summed E-state index contributed by atoms with van der Waals surface area (Å²) in [4.78, 5) is 41.8. The lowest BCUT2D eigenvalue weighted by atomic mass is 10.1. The normalized spacial score (nSPS) is 20.3. The van der Waals surface area contributed by atoms with Crippen molar-refractivity contribution < 1.29 is 27.6 Å². The van der Waals surface area contributed by atoms with Crippen LogP contribution >= 0.6 is 15.9 Å². The van der Waals surface area contributed by atoms with E-state index in [4.69, 9.17) is 5.73 Å². The van der Waals surface area contributed by atoms with Gasteiger partial charge in [0.1, 0.15) is 12.2 Å². The van der Waals surface area contributed by atoms with Crippen LogP contribution < -0.4 is 15.5 Å². The number of anilines is 2. The number of nitrogens with two attached hydrogens (primary N) is 1. The third-order valence-electron chi connectivity index (χ3n) is 5.59. The van der Waals surface area contributed by atoms with Crippen molar-refractivity contribution in [2.75, 3.05) is 22.9 Å². The van der Waals surface area contributed by atoms with Gasteiger partial charge < -0.3 is 15.5 Å². The van der Waals surface area contributed by atoms with Gasteiger partial charge in [-0.1, -0.05) is 15.9 Å². The minimum absolute atomic E-state index is 0.0540. The molecule has 0 spiro atoms. The van der Waals surface area contributed by atoms with Crippen LogP contribution in [0.25, 0.3) is 0 Å². The molecule has 2 aliphatic rings. The molecule has 2 aromatic carbocycles. The van der Waals surface area contributed by atoms with Crippen LogP contribution in [0.2, 0.25) is 0 Å². The van der Waals surface area contributed by atoms with Gasteiger partial charge in [-0.3, -0.25) is 19.3 Å². The molecule has 0 aromatic heterocycles. The molecule has 0 radical (unpaired) electrons. The van der Waals surface area contributed by atoms with Crippen molar-refractivity contribution in [3.05, 3.63) is 58.1 Å². The molecule has 0 unspecified atom stereocenters. The fourth-order valence-electron chi connectivity index (χ4n) is 4.17. The van der Waals surface area contributed by atoms with Crippen LogP contribution in [-0.4, -0.2) is 47.9 Å². The lowest BCUT2D eigenvalue weighted by Gasteiger charge is -2.44. The minimum atomic E-state index is -4.61. The van der Waals surface area contributed by atoms with E-state index in [2.05, 4.69) is 15.9 Å². The van der Waals surface area contributed by atoms with Gasteiger partial charge in [0, 0.05) is 10.0 Å². The summed E-state index contributed by atoms with van der Waals surface area (Å²) in [5.41, 5.74) is 5.02. The summed E-state index contributed by atoms with van der Waals surface area (Å²) in [6, 6.07) is 8.72. The molecule has 0 bridgehead atoms. The third kappa shape index (κ3) is 3.70.